The van der Waals surface area contributed by atoms with Gasteiger partial charge < -0.3 is 10.6 Å². The van der Waals surface area contributed by atoms with Crippen molar-refractivity contribution < 1.29 is 4.79 Å². The maximum Gasteiger partial charge on any atom is 0.270 e. The molecule has 0 saturated carbocycles. The number of rotatable bonds is 3. The molecule has 0 fully saturated rings. The predicted molar refractivity (Wildman–Crippen MR) is 90.7 cm³/mol. The summed E-state index contributed by atoms with van der Waals surface area (Å²) in [5.41, 5.74) is 4.37. The fourth-order valence-corrected chi connectivity index (χ4v) is 2.25. The van der Waals surface area contributed by atoms with E-state index in [2.05, 4.69) is 47.7 Å². The van der Waals surface area contributed by atoms with Crippen LogP contribution in [0.1, 0.15) is 42.4 Å². The molecule has 0 unspecified atom stereocenters. The smallest absolute Gasteiger partial charge is 0.270 e. The molecule has 0 saturated heterocycles. The highest BCUT2D eigenvalue weighted by Gasteiger charge is 2.16. The Labute approximate surface area is 132 Å². The third kappa shape index (κ3) is 4.58. The van der Waals surface area contributed by atoms with Crippen LogP contribution in [0.3, 0.4) is 0 Å². The molecule has 1 heterocycles. The first-order valence-corrected chi connectivity index (χ1v) is 7.37. The van der Waals surface area contributed by atoms with Crippen molar-refractivity contribution in [1.82, 2.24) is 10.3 Å². The molecule has 22 heavy (non-hydrogen) atoms. The summed E-state index contributed by atoms with van der Waals surface area (Å²) in [7, 11) is 0. The Morgan fingerprint density at radius 2 is 1.64 bits per heavy atom. The van der Waals surface area contributed by atoms with Gasteiger partial charge in [0.15, 0.2) is 0 Å². The van der Waals surface area contributed by atoms with E-state index in [4.69, 9.17) is 0 Å². The van der Waals surface area contributed by atoms with Gasteiger partial charge in [-0.25, -0.2) is 0 Å². The van der Waals surface area contributed by atoms with Crippen LogP contribution in [-0.2, 0) is 0 Å². The van der Waals surface area contributed by atoms with E-state index in [1.165, 1.54) is 11.1 Å². The van der Waals surface area contributed by atoms with Crippen LogP contribution in [0.25, 0.3) is 0 Å². The van der Waals surface area contributed by atoms with Gasteiger partial charge in [-0.05, 0) is 70.0 Å². The Morgan fingerprint density at radius 1 is 1.00 bits per heavy atom. The van der Waals surface area contributed by atoms with Crippen LogP contribution in [0.4, 0.5) is 11.4 Å². The summed E-state index contributed by atoms with van der Waals surface area (Å²) in [6.07, 6.45) is 1.64. The Balaban J connectivity index is 2.19. The highest BCUT2D eigenvalue weighted by Crippen LogP contribution is 2.20. The van der Waals surface area contributed by atoms with E-state index in [9.17, 15) is 4.79 Å². The van der Waals surface area contributed by atoms with Gasteiger partial charge in [-0.3, -0.25) is 9.78 Å². The topological polar surface area (TPSA) is 54.0 Å². The highest BCUT2D eigenvalue weighted by molar-refractivity contribution is 5.93. The summed E-state index contributed by atoms with van der Waals surface area (Å²) >= 11 is 0. The van der Waals surface area contributed by atoms with Gasteiger partial charge in [-0.2, -0.15) is 0 Å². The minimum Gasteiger partial charge on any atom is -0.355 e. The van der Waals surface area contributed by atoms with Gasteiger partial charge in [0.1, 0.15) is 5.69 Å². The molecular formula is C18H23N3O. The first-order valence-electron chi connectivity index (χ1n) is 7.37. The third-order valence-electron chi connectivity index (χ3n) is 2.99. The van der Waals surface area contributed by atoms with Crippen molar-refractivity contribution in [2.75, 3.05) is 5.32 Å². The summed E-state index contributed by atoms with van der Waals surface area (Å²) < 4.78 is 0. The van der Waals surface area contributed by atoms with E-state index in [0.29, 0.717) is 5.69 Å². The van der Waals surface area contributed by atoms with Gasteiger partial charge in [-0.1, -0.05) is 6.07 Å². The van der Waals surface area contributed by atoms with Crippen LogP contribution in [0.15, 0.2) is 36.5 Å². The minimum atomic E-state index is -0.282. The van der Waals surface area contributed by atoms with Crippen LogP contribution < -0.4 is 10.6 Å². The number of nitrogens with zero attached hydrogens (tertiary/aromatic N) is 1. The number of aryl methyl sites for hydroxylation is 2. The van der Waals surface area contributed by atoms with Gasteiger partial charge >= 0.3 is 0 Å². The van der Waals surface area contributed by atoms with Crippen molar-refractivity contribution in [2.45, 2.75) is 40.2 Å². The van der Waals surface area contributed by atoms with E-state index in [1.807, 2.05) is 26.8 Å². The molecule has 1 aromatic carbocycles. The predicted octanol–water partition coefficient (Wildman–Crippen LogP) is 3.97. The second-order valence-electron chi connectivity index (χ2n) is 6.64. The van der Waals surface area contributed by atoms with Crippen molar-refractivity contribution in [3.8, 4) is 0 Å². The summed E-state index contributed by atoms with van der Waals surface area (Å²) in [5.74, 6) is -0.170. The van der Waals surface area contributed by atoms with E-state index < -0.39 is 0 Å². The summed E-state index contributed by atoms with van der Waals surface area (Å²) in [4.78, 5) is 16.3. The molecule has 4 nitrogen and oxygen atoms in total. The Hall–Kier alpha value is -2.36. The largest absolute Gasteiger partial charge is 0.355 e. The van der Waals surface area contributed by atoms with Gasteiger partial charge in [0.05, 0.1) is 0 Å². The number of hydrogen-bond acceptors (Lipinski definition) is 3. The fraction of sp³-hybridized carbons (Fsp3) is 0.333. The molecule has 2 N–H and O–H groups in total. The second kappa shape index (κ2) is 6.18. The van der Waals surface area contributed by atoms with E-state index in [0.717, 1.165) is 11.4 Å². The molecule has 0 aliphatic carbocycles. The molecule has 2 rings (SSSR count). The average Bonchev–Trinajstić information content (AvgIpc) is 2.35. The molecule has 1 aromatic heterocycles. The SMILES string of the molecule is Cc1cc(C)cc(Nc2ccnc(C(=O)NC(C)(C)C)c2)c1. The molecular weight excluding hydrogens is 274 g/mol. The van der Waals surface area contributed by atoms with Gasteiger partial charge in [0, 0.05) is 23.1 Å². The lowest BCUT2D eigenvalue weighted by Crippen LogP contribution is -2.40. The highest BCUT2D eigenvalue weighted by atomic mass is 16.2. The molecule has 2 aromatic rings. The van der Waals surface area contributed by atoms with E-state index in [1.54, 1.807) is 12.3 Å². The van der Waals surface area contributed by atoms with E-state index in [-0.39, 0.29) is 11.4 Å². The monoisotopic (exact) mass is 297 g/mol. The standard InChI is InChI=1S/C18H23N3O/c1-12-8-13(2)10-15(9-12)20-14-6-7-19-16(11-14)17(22)21-18(3,4)5/h6-11H,1-5H3,(H,19,20)(H,21,22). The van der Waals surface area contributed by atoms with Crippen LogP contribution in [-0.4, -0.2) is 16.4 Å². The number of anilines is 2. The van der Waals surface area contributed by atoms with Gasteiger partial charge in [0.2, 0.25) is 0 Å². The van der Waals surface area contributed by atoms with Crippen LogP contribution >= 0.6 is 0 Å². The number of amides is 1. The molecule has 116 valence electrons. The minimum absolute atomic E-state index is 0.170. The zero-order valence-corrected chi connectivity index (χ0v) is 13.8. The number of pyridine rings is 1. The maximum atomic E-state index is 12.2. The molecule has 0 bridgehead atoms. The maximum absolute atomic E-state index is 12.2. The van der Waals surface area contributed by atoms with Gasteiger partial charge in [0.25, 0.3) is 5.91 Å². The lowest BCUT2D eigenvalue weighted by atomic mass is 10.1. The van der Waals surface area contributed by atoms with Gasteiger partial charge in [-0.15, -0.1) is 0 Å². The number of nitrogens with one attached hydrogen (secondary N) is 2. The first kappa shape index (κ1) is 16.0. The number of hydrogen-bond donors (Lipinski definition) is 2. The zero-order valence-electron chi connectivity index (χ0n) is 13.8. The van der Waals surface area contributed by atoms with Crippen LogP contribution in [0, 0.1) is 13.8 Å². The van der Waals surface area contributed by atoms with Crippen molar-refractivity contribution in [1.29, 1.82) is 0 Å². The normalized spacial score (nSPS) is 11.1. The molecule has 1 amide bonds. The van der Waals surface area contributed by atoms with Crippen molar-refractivity contribution in [3.63, 3.8) is 0 Å². The molecule has 0 atom stereocenters. The quantitative estimate of drug-likeness (QED) is 0.901. The number of carbonyl (C=O) groups is 1. The number of carbonyl (C=O) groups excluding carboxylic acids is 1. The number of benzene rings is 1. The molecule has 0 aliphatic heterocycles. The van der Waals surface area contributed by atoms with Crippen molar-refractivity contribution in [3.05, 3.63) is 53.3 Å². The second-order valence-corrected chi connectivity index (χ2v) is 6.64. The molecule has 0 aliphatic rings. The zero-order chi connectivity index (χ0) is 16.3. The third-order valence-corrected chi connectivity index (χ3v) is 2.99. The summed E-state index contributed by atoms with van der Waals surface area (Å²) in [6.45, 7) is 9.97. The Kier molecular flexibility index (Phi) is 4.50. The molecule has 0 radical (unpaired) electrons. The Bertz CT molecular complexity index is 667. The fourth-order valence-electron chi connectivity index (χ4n) is 2.25. The first-order chi connectivity index (χ1) is 10.2. The summed E-state index contributed by atoms with van der Waals surface area (Å²) in [6, 6.07) is 9.88. The van der Waals surface area contributed by atoms with Crippen molar-refractivity contribution in [2.24, 2.45) is 0 Å². The Morgan fingerprint density at radius 3 is 2.23 bits per heavy atom. The van der Waals surface area contributed by atoms with E-state index >= 15 is 0 Å². The molecule has 0 spiro atoms. The van der Waals surface area contributed by atoms with Crippen LogP contribution in [0.5, 0.6) is 0 Å². The summed E-state index contributed by atoms with van der Waals surface area (Å²) in [5, 5.41) is 6.24. The van der Waals surface area contributed by atoms with Crippen molar-refractivity contribution >= 4 is 17.3 Å². The lowest BCUT2D eigenvalue weighted by molar-refractivity contribution is 0.0914. The molecule has 4 heteroatoms. The average molecular weight is 297 g/mol. The lowest BCUT2D eigenvalue weighted by Gasteiger charge is -2.20. The van der Waals surface area contributed by atoms with Crippen LogP contribution in [0.2, 0.25) is 0 Å². The number of aromatic nitrogens is 1.